The van der Waals surface area contributed by atoms with Gasteiger partial charge in [-0.05, 0) is 25.0 Å². The predicted octanol–water partition coefficient (Wildman–Crippen LogP) is 2.26. The van der Waals surface area contributed by atoms with Gasteiger partial charge in [-0.3, -0.25) is 4.79 Å². The molecule has 5 heteroatoms. The molecule has 1 fully saturated rings. The second-order valence-corrected chi connectivity index (χ2v) is 6.29. The van der Waals surface area contributed by atoms with E-state index in [1.54, 1.807) is 0 Å². The quantitative estimate of drug-likeness (QED) is 0.870. The first-order chi connectivity index (χ1) is 10.6. The SMILES string of the molecule is CN(C(=O)CN1CCOc2cc(N)ccc21)C1CCCCC1. The molecule has 0 unspecified atom stereocenters. The van der Waals surface area contributed by atoms with Crippen molar-refractivity contribution < 1.29 is 9.53 Å². The second-order valence-electron chi connectivity index (χ2n) is 6.29. The normalized spacial score (nSPS) is 18.5. The number of hydrogen-bond donors (Lipinski definition) is 1. The highest BCUT2D eigenvalue weighted by Gasteiger charge is 2.26. The molecule has 0 aromatic heterocycles. The van der Waals surface area contributed by atoms with Crippen LogP contribution in [0.3, 0.4) is 0 Å². The number of ether oxygens (including phenoxy) is 1. The summed E-state index contributed by atoms with van der Waals surface area (Å²) >= 11 is 0. The van der Waals surface area contributed by atoms with Crippen molar-refractivity contribution in [3.63, 3.8) is 0 Å². The Morgan fingerprint density at radius 3 is 2.91 bits per heavy atom. The van der Waals surface area contributed by atoms with E-state index >= 15 is 0 Å². The summed E-state index contributed by atoms with van der Waals surface area (Å²) in [4.78, 5) is 16.7. The average Bonchev–Trinajstić information content (AvgIpc) is 2.55. The molecule has 0 saturated heterocycles. The first-order valence-electron chi connectivity index (χ1n) is 8.18. The third kappa shape index (κ3) is 3.13. The minimum atomic E-state index is 0.191. The van der Waals surface area contributed by atoms with Crippen LogP contribution in [0.2, 0.25) is 0 Å². The van der Waals surface area contributed by atoms with Crippen LogP contribution >= 0.6 is 0 Å². The fraction of sp³-hybridized carbons (Fsp3) is 0.588. The Morgan fingerprint density at radius 1 is 1.36 bits per heavy atom. The number of carbonyl (C=O) groups is 1. The number of benzene rings is 1. The van der Waals surface area contributed by atoms with Crippen molar-refractivity contribution >= 4 is 17.3 Å². The number of carbonyl (C=O) groups excluding carboxylic acids is 1. The first kappa shape index (κ1) is 15.0. The predicted molar refractivity (Wildman–Crippen MR) is 88.2 cm³/mol. The van der Waals surface area contributed by atoms with Gasteiger partial charge in [0, 0.05) is 24.8 Å². The topological polar surface area (TPSA) is 58.8 Å². The number of amides is 1. The van der Waals surface area contributed by atoms with E-state index in [2.05, 4.69) is 4.90 Å². The average molecular weight is 303 g/mol. The third-order valence-electron chi connectivity index (χ3n) is 4.79. The lowest BCUT2D eigenvalue weighted by Gasteiger charge is -2.35. The van der Waals surface area contributed by atoms with Crippen LogP contribution in [0, 0.1) is 0 Å². The Balaban J connectivity index is 1.67. The van der Waals surface area contributed by atoms with Crippen LogP contribution in [-0.4, -0.2) is 43.6 Å². The molecule has 1 aliphatic heterocycles. The minimum absolute atomic E-state index is 0.191. The Labute approximate surface area is 132 Å². The number of hydrogen-bond acceptors (Lipinski definition) is 4. The zero-order valence-corrected chi connectivity index (χ0v) is 13.3. The Bertz CT molecular complexity index is 541. The number of nitrogens with two attached hydrogens (primary N) is 1. The van der Waals surface area contributed by atoms with E-state index in [0.29, 0.717) is 24.9 Å². The molecule has 0 bridgehead atoms. The van der Waals surface area contributed by atoms with Crippen LogP contribution in [-0.2, 0) is 4.79 Å². The lowest BCUT2D eigenvalue weighted by atomic mass is 9.94. The maximum atomic E-state index is 12.6. The largest absolute Gasteiger partial charge is 0.489 e. The van der Waals surface area contributed by atoms with Gasteiger partial charge in [0.1, 0.15) is 12.4 Å². The summed E-state index contributed by atoms with van der Waals surface area (Å²) in [5.74, 6) is 0.968. The molecule has 2 aliphatic rings. The van der Waals surface area contributed by atoms with Crippen molar-refractivity contribution in [1.82, 2.24) is 4.90 Å². The molecule has 1 aliphatic carbocycles. The lowest BCUT2D eigenvalue weighted by molar-refractivity contribution is -0.131. The number of fused-ring (bicyclic) bond motifs is 1. The van der Waals surface area contributed by atoms with Crippen molar-refractivity contribution in [3.05, 3.63) is 18.2 Å². The molecule has 120 valence electrons. The van der Waals surface area contributed by atoms with Crippen LogP contribution in [0.1, 0.15) is 32.1 Å². The van der Waals surface area contributed by atoms with Gasteiger partial charge in [-0.2, -0.15) is 0 Å². The zero-order chi connectivity index (χ0) is 15.5. The third-order valence-corrected chi connectivity index (χ3v) is 4.79. The fourth-order valence-corrected chi connectivity index (χ4v) is 3.40. The highest BCUT2D eigenvalue weighted by molar-refractivity contribution is 5.82. The molecule has 1 aromatic carbocycles. The van der Waals surface area contributed by atoms with Gasteiger partial charge in [-0.25, -0.2) is 0 Å². The van der Waals surface area contributed by atoms with Crippen LogP contribution < -0.4 is 15.4 Å². The fourth-order valence-electron chi connectivity index (χ4n) is 3.40. The maximum Gasteiger partial charge on any atom is 0.242 e. The van der Waals surface area contributed by atoms with Crippen molar-refractivity contribution in [3.8, 4) is 5.75 Å². The number of likely N-dealkylation sites (N-methyl/N-ethyl adjacent to an activating group) is 1. The monoisotopic (exact) mass is 303 g/mol. The molecular weight excluding hydrogens is 278 g/mol. The van der Waals surface area contributed by atoms with E-state index in [0.717, 1.165) is 30.8 Å². The molecule has 1 amide bonds. The van der Waals surface area contributed by atoms with Crippen molar-refractivity contribution in [2.45, 2.75) is 38.1 Å². The van der Waals surface area contributed by atoms with Gasteiger partial charge in [0.2, 0.25) is 5.91 Å². The summed E-state index contributed by atoms with van der Waals surface area (Å²) in [6.45, 7) is 1.74. The van der Waals surface area contributed by atoms with Crippen LogP contribution in [0.15, 0.2) is 18.2 Å². The van der Waals surface area contributed by atoms with Crippen molar-refractivity contribution in [1.29, 1.82) is 0 Å². The Hall–Kier alpha value is -1.91. The molecule has 1 saturated carbocycles. The molecule has 5 nitrogen and oxygen atoms in total. The van der Waals surface area contributed by atoms with E-state index in [-0.39, 0.29) is 5.91 Å². The summed E-state index contributed by atoms with van der Waals surface area (Å²) in [5, 5.41) is 0. The highest BCUT2D eigenvalue weighted by Crippen LogP contribution is 2.33. The molecule has 22 heavy (non-hydrogen) atoms. The zero-order valence-electron chi connectivity index (χ0n) is 13.3. The van der Waals surface area contributed by atoms with Crippen molar-refractivity contribution in [2.75, 3.05) is 37.4 Å². The Kier molecular flexibility index (Phi) is 4.41. The van der Waals surface area contributed by atoms with Gasteiger partial charge in [-0.15, -0.1) is 0 Å². The molecule has 1 aromatic rings. The van der Waals surface area contributed by atoms with E-state index in [1.807, 2.05) is 30.1 Å². The second kappa shape index (κ2) is 6.46. The summed E-state index contributed by atoms with van der Waals surface area (Å²) in [6, 6.07) is 6.04. The van der Waals surface area contributed by atoms with Gasteiger partial charge in [-0.1, -0.05) is 19.3 Å². The maximum absolute atomic E-state index is 12.6. The number of nitrogen functional groups attached to an aromatic ring is 1. The van der Waals surface area contributed by atoms with Crippen LogP contribution in [0.4, 0.5) is 11.4 Å². The number of anilines is 2. The summed E-state index contributed by atoms with van der Waals surface area (Å²) in [5.41, 5.74) is 7.45. The van der Waals surface area contributed by atoms with E-state index in [1.165, 1.54) is 19.3 Å². The van der Waals surface area contributed by atoms with Gasteiger partial charge >= 0.3 is 0 Å². The van der Waals surface area contributed by atoms with Gasteiger partial charge < -0.3 is 20.3 Å². The molecule has 1 heterocycles. The Morgan fingerprint density at radius 2 is 2.14 bits per heavy atom. The molecular formula is C17H25N3O2. The lowest BCUT2D eigenvalue weighted by Crippen LogP contribution is -2.46. The molecule has 0 radical (unpaired) electrons. The van der Waals surface area contributed by atoms with Gasteiger partial charge in [0.25, 0.3) is 0 Å². The van der Waals surface area contributed by atoms with E-state index < -0.39 is 0 Å². The smallest absolute Gasteiger partial charge is 0.242 e. The van der Waals surface area contributed by atoms with Gasteiger partial charge in [0.05, 0.1) is 18.8 Å². The minimum Gasteiger partial charge on any atom is -0.489 e. The molecule has 3 rings (SSSR count). The first-order valence-corrected chi connectivity index (χ1v) is 8.18. The summed E-state index contributed by atoms with van der Waals surface area (Å²) in [6.07, 6.45) is 6.05. The molecule has 2 N–H and O–H groups in total. The summed E-state index contributed by atoms with van der Waals surface area (Å²) in [7, 11) is 1.95. The van der Waals surface area contributed by atoms with Gasteiger partial charge in [0.15, 0.2) is 0 Å². The molecule has 0 spiro atoms. The van der Waals surface area contributed by atoms with E-state index in [4.69, 9.17) is 10.5 Å². The van der Waals surface area contributed by atoms with E-state index in [9.17, 15) is 4.79 Å². The standard InChI is InChI=1S/C17H25N3O2/c1-19(14-5-3-2-4-6-14)17(21)12-20-9-10-22-16-11-13(18)7-8-15(16)20/h7-8,11,14H,2-6,9-10,12,18H2,1H3. The van der Waals surface area contributed by atoms with Crippen LogP contribution in [0.25, 0.3) is 0 Å². The number of rotatable bonds is 3. The van der Waals surface area contributed by atoms with Crippen molar-refractivity contribution in [2.24, 2.45) is 0 Å². The highest BCUT2D eigenvalue weighted by atomic mass is 16.5. The molecule has 0 atom stereocenters. The van der Waals surface area contributed by atoms with Crippen LogP contribution in [0.5, 0.6) is 5.75 Å². The summed E-state index contributed by atoms with van der Waals surface area (Å²) < 4.78 is 5.65. The number of nitrogens with zero attached hydrogens (tertiary/aromatic N) is 2.